The second kappa shape index (κ2) is 9.15. The van der Waals surface area contributed by atoms with Gasteiger partial charge < -0.3 is 14.2 Å². The van der Waals surface area contributed by atoms with Crippen LogP contribution in [0.15, 0.2) is 36.4 Å². The molecule has 2 aromatic rings. The van der Waals surface area contributed by atoms with E-state index in [0.29, 0.717) is 16.7 Å². The summed E-state index contributed by atoms with van der Waals surface area (Å²) < 4.78 is 17.1. The van der Waals surface area contributed by atoms with Gasteiger partial charge in [0, 0.05) is 18.2 Å². The molecule has 150 valence electrons. The number of benzene rings is 1. The van der Waals surface area contributed by atoms with Gasteiger partial charge in [0.15, 0.2) is 0 Å². The first kappa shape index (κ1) is 20.3. The Bertz CT molecular complexity index is 869. The molecule has 0 saturated heterocycles. The third kappa shape index (κ3) is 4.50. The summed E-state index contributed by atoms with van der Waals surface area (Å²) in [6, 6.07) is 5.66. The van der Waals surface area contributed by atoms with Gasteiger partial charge in [0.1, 0.15) is 12.0 Å². The molecule has 1 fully saturated rings. The van der Waals surface area contributed by atoms with Gasteiger partial charge in [0.25, 0.3) is 0 Å². The number of rotatable bonds is 6. The first-order valence-electron chi connectivity index (χ1n) is 9.38. The predicted molar refractivity (Wildman–Crippen MR) is 107 cm³/mol. The first-order chi connectivity index (χ1) is 13.5. The first-order valence-corrected chi connectivity index (χ1v) is 9.76. The minimum Gasteiger partial charge on any atom is -0.500 e. The lowest BCUT2D eigenvalue weighted by molar-refractivity contribution is -0.138. The maximum atomic E-state index is 11.9. The fraction of sp³-hybridized carbons (Fsp3) is 0.429. The summed E-state index contributed by atoms with van der Waals surface area (Å²) in [5.41, 5.74) is 2.62. The maximum absolute atomic E-state index is 11.9. The van der Waals surface area contributed by atoms with Gasteiger partial charge in [0.2, 0.25) is 5.76 Å². The average molecular weight is 405 g/mol. The normalized spacial score (nSPS) is 15.4. The lowest BCUT2D eigenvalue weighted by Gasteiger charge is -2.19. The van der Waals surface area contributed by atoms with Gasteiger partial charge in [-0.1, -0.05) is 36.9 Å². The van der Waals surface area contributed by atoms with Crippen LogP contribution in [0.3, 0.4) is 0 Å². The Hall–Kier alpha value is -2.47. The molecule has 0 spiro atoms. The predicted octanol–water partition coefficient (Wildman–Crippen LogP) is 4.92. The zero-order valence-electron chi connectivity index (χ0n) is 16.4. The van der Waals surface area contributed by atoms with Crippen molar-refractivity contribution in [1.82, 2.24) is 9.78 Å². The van der Waals surface area contributed by atoms with E-state index in [4.69, 9.17) is 30.9 Å². The van der Waals surface area contributed by atoms with Crippen molar-refractivity contribution < 1.29 is 19.0 Å². The van der Waals surface area contributed by atoms with E-state index in [1.54, 1.807) is 4.68 Å². The highest BCUT2D eigenvalue weighted by Gasteiger charge is 2.22. The number of aromatic nitrogens is 2. The van der Waals surface area contributed by atoms with Crippen LogP contribution in [0, 0.1) is 6.92 Å². The highest BCUT2D eigenvalue weighted by atomic mass is 35.5. The molecular weight excluding hydrogens is 380 g/mol. The van der Waals surface area contributed by atoms with Crippen molar-refractivity contribution >= 4 is 17.6 Å². The van der Waals surface area contributed by atoms with Crippen molar-refractivity contribution in [3.8, 4) is 11.4 Å². The Labute approximate surface area is 170 Å². The van der Waals surface area contributed by atoms with Gasteiger partial charge >= 0.3 is 5.97 Å². The highest BCUT2D eigenvalue weighted by Crippen LogP contribution is 2.36. The number of hydrogen-bond acceptors (Lipinski definition) is 5. The smallest absolute Gasteiger partial charge is 0.377 e. The van der Waals surface area contributed by atoms with E-state index in [1.165, 1.54) is 39.7 Å². The van der Waals surface area contributed by atoms with E-state index in [-0.39, 0.29) is 5.76 Å². The molecule has 7 heteroatoms. The Kier molecular flexibility index (Phi) is 6.62. The Morgan fingerprint density at radius 2 is 2.00 bits per heavy atom. The third-order valence-electron chi connectivity index (χ3n) is 4.96. The van der Waals surface area contributed by atoms with Gasteiger partial charge in [-0.2, -0.15) is 5.10 Å². The van der Waals surface area contributed by atoms with Crippen LogP contribution in [0.25, 0.3) is 5.69 Å². The number of halogens is 1. The van der Waals surface area contributed by atoms with Crippen LogP contribution in [-0.4, -0.2) is 30.0 Å². The van der Waals surface area contributed by atoms with Gasteiger partial charge in [0.05, 0.1) is 30.6 Å². The molecule has 0 N–H and O–H groups in total. The number of ether oxygens (including phenoxy) is 3. The van der Waals surface area contributed by atoms with Crippen LogP contribution in [0.5, 0.6) is 5.75 Å². The second-order valence-electron chi connectivity index (χ2n) is 6.90. The number of carbonyl (C=O) groups is 1. The van der Waals surface area contributed by atoms with E-state index in [9.17, 15) is 4.79 Å². The van der Waals surface area contributed by atoms with E-state index in [1.807, 2.05) is 31.3 Å². The molecule has 0 aliphatic heterocycles. The van der Waals surface area contributed by atoms with Gasteiger partial charge in [-0.05, 0) is 31.4 Å². The topological polar surface area (TPSA) is 62.6 Å². The molecule has 1 aromatic heterocycles. The van der Waals surface area contributed by atoms with Crippen molar-refractivity contribution in [1.29, 1.82) is 0 Å². The fourth-order valence-electron chi connectivity index (χ4n) is 3.43. The van der Waals surface area contributed by atoms with E-state index in [2.05, 4.69) is 0 Å². The summed E-state index contributed by atoms with van der Waals surface area (Å²) in [4.78, 5) is 11.9. The summed E-state index contributed by atoms with van der Waals surface area (Å²) in [6.45, 7) is 1.89. The highest BCUT2D eigenvalue weighted by molar-refractivity contribution is 6.31. The molecule has 1 saturated carbocycles. The molecular formula is C21H25ClN2O4. The molecule has 0 bridgehead atoms. The number of carbonyl (C=O) groups excluding carboxylic acids is 1. The molecule has 6 nitrogen and oxygen atoms in total. The Morgan fingerprint density at radius 3 is 2.68 bits per heavy atom. The zero-order chi connectivity index (χ0) is 20.1. The lowest BCUT2D eigenvalue weighted by Crippen LogP contribution is -2.12. The summed E-state index contributed by atoms with van der Waals surface area (Å²) in [5, 5.41) is 5.42. The minimum atomic E-state index is -0.617. The second-order valence-corrected chi connectivity index (χ2v) is 7.31. The van der Waals surface area contributed by atoms with Crippen molar-refractivity contribution in [2.75, 3.05) is 14.2 Å². The molecule has 0 unspecified atom stereocenters. The van der Waals surface area contributed by atoms with Crippen LogP contribution in [0.2, 0.25) is 5.02 Å². The summed E-state index contributed by atoms with van der Waals surface area (Å²) in [7, 11) is 2.73. The van der Waals surface area contributed by atoms with Crippen LogP contribution in [-0.2, 0) is 14.3 Å². The molecule has 1 aliphatic rings. The van der Waals surface area contributed by atoms with Crippen molar-refractivity contribution in [2.45, 2.75) is 44.9 Å². The number of hydrogen-bond donors (Lipinski definition) is 0. The maximum Gasteiger partial charge on any atom is 0.377 e. The zero-order valence-corrected chi connectivity index (χ0v) is 17.2. The largest absolute Gasteiger partial charge is 0.500 e. The average Bonchev–Trinajstić information content (AvgIpc) is 3.10. The monoisotopic (exact) mass is 404 g/mol. The fourth-order valence-corrected chi connectivity index (χ4v) is 3.72. The quantitative estimate of drug-likeness (QED) is 0.388. The van der Waals surface area contributed by atoms with E-state index in [0.717, 1.165) is 29.8 Å². The number of esters is 1. The Morgan fingerprint density at radius 1 is 1.25 bits per heavy atom. The summed E-state index contributed by atoms with van der Waals surface area (Å²) in [5.74, 6) is 0.274. The number of methoxy groups -OCH3 is 2. The third-order valence-corrected chi connectivity index (χ3v) is 5.25. The van der Waals surface area contributed by atoms with Crippen LogP contribution in [0.4, 0.5) is 0 Å². The van der Waals surface area contributed by atoms with Gasteiger partial charge in [-0.15, -0.1) is 0 Å². The molecule has 0 amide bonds. The van der Waals surface area contributed by atoms with Crippen molar-refractivity contribution in [2.24, 2.45) is 0 Å². The Balaban J connectivity index is 1.89. The number of nitrogens with zero attached hydrogens (tertiary/aromatic N) is 2. The molecule has 0 radical (unpaired) electrons. The van der Waals surface area contributed by atoms with Crippen LogP contribution >= 0.6 is 11.6 Å². The lowest BCUT2D eigenvalue weighted by atomic mass is 9.87. The van der Waals surface area contributed by atoms with E-state index < -0.39 is 5.97 Å². The van der Waals surface area contributed by atoms with Gasteiger partial charge in [-0.3, -0.25) is 0 Å². The van der Waals surface area contributed by atoms with Gasteiger partial charge in [-0.25, -0.2) is 9.48 Å². The van der Waals surface area contributed by atoms with Crippen LogP contribution in [0.1, 0.15) is 49.3 Å². The molecule has 28 heavy (non-hydrogen) atoms. The van der Waals surface area contributed by atoms with Crippen molar-refractivity contribution in [3.63, 3.8) is 0 Å². The SMILES string of the molecule is CO/C=C(\Oc1cc(-n2cc(Cl)c(C3CCCCC3)n2)ccc1C)C(=O)OC. The molecule has 3 rings (SSSR count). The van der Waals surface area contributed by atoms with Crippen molar-refractivity contribution in [3.05, 3.63) is 52.7 Å². The molecule has 1 aliphatic carbocycles. The molecule has 0 atom stereocenters. The van der Waals surface area contributed by atoms with Crippen LogP contribution < -0.4 is 4.74 Å². The molecule has 1 heterocycles. The summed E-state index contributed by atoms with van der Waals surface area (Å²) in [6.07, 6.45) is 9.02. The minimum absolute atomic E-state index is 0.0355. The standard InChI is InChI=1S/C21H25ClN2O4/c1-14-9-10-16(11-18(14)28-19(13-26-2)21(25)27-3)24-12-17(22)20(23-24)15-7-5-4-6-8-15/h9-13,15H,4-8H2,1-3H3/b19-13-. The summed E-state index contributed by atoms with van der Waals surface area (Å²) >= 11 is 6.48. The molecule has 1 aromatic carbocycles. The van der Waals surface area contributed by atoms with E-state index >= 15 is 0 Å². The number of aryl methyl sites for hydroxylation is 1.